The van der Waals surface area contributed by atoms with Crippen LogP contribution in [0.25, 0.3) is 0 Å². The summed E-state index contributed by atoms with van der Waals surface area (Å²) < 4.78 is 15.5. The van der Waals surface area contributed by atoms with E-state index in [0.717, 1.165) is 5.56 Å². The van der Waals surface area contributed by atoms with Gasteiger partial charge in [0.25, 0.3) is 0 Å². The molecule has 24 heavy (non-hydrogen) atoms. The number of aryl methyl sites for hydroxylation is 1. The van der Waals surface area contributed by atoms with Crippen LogP contribution in [-0.2, 0) is 9.53 Å². The molecule has 0 aliphatic heterocycles. The van der Waals surface area contributed by atoms with Crippen molar-refractivity contribution in [3.8, 4) is 11.5 Å². The SMILES string of the molecule is COc1cc(C)c(NC(=O)CCNC(=O)OC(C)(C)C)cc1OC. The first-order valence-corrected chi connectivity index (χ1v) is 7.65. The van der Waals surface area contributed by atoms with E-state index in [0.29, 0.717) is 17.2 Å². The van der Waals surface area contributed by atoms with Crippen molar-refractivity contribution in [3.63, 3.8) is 0 Å². The minimum absolute atomic E-state index is 0.132. The molecule has 0 radical (unpaired) electrons. The number of hydrogen-bond acceptors (Lipinski definition) is 5. The molecule has 0 spiro atoms. The van der Waals surface area contributed by atoms with Gasteiger partial charge in [0.2, 0.25) is 5.91 Å². The van der Waals surface area contributed by atoms with Gasteiger partial charge in [-0.25, -0.2) is 4.79 Å². The minimum Gasteiger partial charge on any atom is -0.493 e. The Bertz CT molecular complexity index is 593. The monoisotopic (exact) mass is 338 g/mol. The molecule has 0 unspecified atom stereocenters. The lowest BCUT2D eigenvalue weighted by molar-refractivity contribution is -0.116. The Labute approximate surface area is 142 Å². The summed E-state index contributed by atoms with van der Waals surface area (Å²) in [5, 5.41) is 5.34. The highest BCUT2D eigenvalue weighted by atomic mass is 16.6. The normalized spacial score (nSPS) is 10.8. The van der Waals surface area contributed by atoms with Crippen LogP contribution in [0.2, 0.25) is 0 Å². The number of amides is 2. The molecule has 7 heteroatoms. The largest absolute Gasteiger partial charge is 0.493 e. The standard InChI is InChI=1S/C17H26N2O5/c1-11-9-13(22-5)14(23-6)10-12(11)19-15(20)7-8-18-16(21)24-17(2,3)4/h9-10H,7-8H2,1-6H3,(H,18,21)(H,19,20). The first kappa shape index (κ1) is 19.6. The van der Waals surface area contributed by atoms with Gasteiger partial charge in [0.15, 0.2) is 11.5 Å². The summed E-state index contributed by atoms with van der Waals surface area (Å²) in [5.74, 6) is 0.909. The highest BCUT2D eigenvalue weighted by Crippen LogP contribution is 2.32. The molecule has 1 aromatic rings. The Kier molecular flexibility index (Phi) is 6.88. The zero-order chi connectivity index (χ0) is 18.3. The topological polar surface area (TPSA) is 85.9 Å². The van der Waals surface area contributed by atoms with Crippen molar-refractivity contribution in [3.05, 3.63) is 17.7 Å². The molecule has 134 valence electrons. The van der Waals surface area contributed by atoms with Crippen molar-refractivity contribution < 1.29 is 23.8 Å². The summed E-state index contributed by atoms with van der Waals surface area (Å²) >= 11 is 0. The molecule has 1 rings (SSSR count). The molecule has 1 aromatic carbocycles. The summed E-state index contributed by atoms with van der Waals surface area (Å²) in [6.45, 7) is 7.38. The number of benzene rings is 1. The smallest absolute Gasteiger partial charge is 0.407 e. The molecule has 2 N–H and O–H groups in total. The zero-order valence-corrected chi connectivity index (χ0v) is 15.1. The Morgan fingerprint density at radius 1 is 1.08 bits per heavy atom. The average molecular weight is 338 g/mol. The van der Waals surface area contributed by atoms with Gasteiger partial charge >= 0.3 is 6.09 Å². The molecule has 0 bridgehead atoms. The van der Waals surface area contributed by atoms with E-state index >= 15 is 0 Å². The summed E-state index contributed by atoms with van der Waals surface area (Å²) in [7, 11) is 3.08. The molecule has 0 saturated heterocycles. The second-order valence-electron chi connectivity index (χ2n) is 6.25. The molecule has 0 heterocycles. The van der Waals surface area contributed by atoms with Gasteiger partial charge in [-0.1, -0.05) is 0 Å². The summed E-state index contributed by atoms with van der Waals surface area (Å²) in [6, 6.07) is 3.49. The summed E-state index contributed by atoms with van der Waals surface area (Å²) in [6.07, 6.45) is -0.412. The van der Waals surface area contributed by atoms with Crippen LogP contribution in [0.1, 0.15) is 32.8 Å². The molecule has 0 aliphatic rings. The van der Waals surface area contributed by atoms with Crippen molar-refractivity contribution >= 4 is 17.7 Å². The lowest BCUT2D eigenvalue weighted by atomic mass is 10.1. The lowest BCUT2D eigenvalue weighted by Crippen LogP contribution is -2.34. The molecule has 0 aliphatic carbocycles. The maximum Gasteiger partial charge on any atom is 0.407 e. The average Bonchev–Trinajstić information content (AvgIpc) is 2.46. The summed E-state index contributed by atoms with van der Waals surface area (Å²) in [5.41, 5.74) is 0.916. The van der Waals surface area contributed by atoms with E-state index in [1.54, 1.807) is 40.0 Å². The van der Waals surface area contributed by atoms with E-state index in [9.17, 15) is 9.59 Å². The summed E-state index contributed by atoms with van der Waals surface area (Å²) in [4.78, 5) is 23.5. The van der Waals surface area contributed by atoms with E-state index in [1.807, 2.05) is 6.92 Å². The predicted molar refractivity (Wildman–Crippen MR) is 91.8 cm³/mol. The predicted octanol–water partition coefficient (Wildman–Crippen LogP) is 2.87. The number of carbonyl (C=O) groups excluding carboxylic acids is 2. The first-order chi connectivity index (χ1) is 11.2. The molecule has 7 nitrogen and oxygen atoms in total. The van der Waals surface area contributed by atoms with E-state index in [-0.39, 0.29) is 18.9 Å². The Morgan fingerprint density at radius 3 is 2.21 bits per heavy atom. The number of rotatable bonds is 6. The molecular formula is C17H26N2O5. The fourth-order valence-electron chi connectivity index (χ4n) is 1.92. The van der Waals surface area contributed by atoms with E-state index in [4.69, 9.17) is 14.2 Å². The molecule has 0 fully saturated rings. The van der Waals surface area contributed by atoms with Crippen molar-refractivity contribution in [2.75, 3.05) is 26.1 Å². The Morgan fingerprint density at radius 2 is 1.67 bits per heavy atom. The van der Waals surface area contributed by atoms with Gasteiger partial charge in [-0.2, -0.15) is 0 Å². The Hall–Kier alpha value is -2.44. The maximum absolute atomic E-state index is 12.0. The van der Waals surface area contributed by atoms with Crippen LogP contribution in [0.3, 0.4) is 0 Å². The molecule has 0 aromatic heterocycles. The van der Waals surface area contributed by atoms with Gasteiger partial charge in [0.05, 0.1) is 14.2 Å². The van der Waals surface area contributed by atoms with Crippen molar-refractivity contribution in [1.29, 1.82) is 0 Å². The van der Waals surface area contributed by atoms with Crippen molar-refractivity contribution in [2.45, 2.75) is 39.7 Å². The second kappa shape index (κ2) is 8.42. The van der Waals surface area contributed by atoms with E-state index in [1.165, 1.54) is 7.11 Å². The van der Waals surface area contributed by atoms with Crippen LogP contribution in [0.5, 0.6) is 11.5 Å². The highest BCUT2D eigenvalue weighted by Gasteiger charge is 2.16. The van der Waals surface area contributed by atoms with E-state index < -0.39 is 11.7 Å². The molecule has 0 atom stereocenters. The van der Waals surface area contributed by atoms with Crippen LogP contribution in [0.4, 0.5) is 10.5 Å². The van der Waals surface area contributed by atoms with Crippen LogP contribution in [-0.4, -0.2) is 38.4 Å². The minimum atomic E-state index is -0.566. The van der Waals surface area contributed by atoms with Gasteiger partial charge in [-0.15, -0.1) is 0 Å². The maximum atomic E-state index is 12.0. The van der Waals surface area contributed by atoms with Crippen LogP contribution < -0.4 is 20.1 Å². The van der Waals surface area contributed by atoms with Gasteiger partial charge in [-0.05, 0) is 39.3 Å². The quantitative estimate of drug-likeness (QED) is 0.833. The number of alkyl carbamates (subject to hydrolysis) is 1. The number of hydrogen-bond donors (Lipinski definition) is 2. The molecule has 0 saturated carbocycles. The first-order valence-electron chi connectivity index (χ1n) is 7.65. The zero-order valence-electron chi connectivity index (χ0n) is 15.1. The van der Waals surface area contributed by atoms with Crippen LogP contribution >= 0.6 is 0 Å². The highest BCUT2D eigenvalue weighted by molar-refractivity contribution is 5.92. The van der Waals surface area contributed by atoms with Gasteiger partial charge in [0, 0.05) is 24.7 Å². The number of nitrogens with one attached hydrogen (secondary N) is 2. The number of ether oxygens (including phenoxy) is 3. The van der Waals surface area contributed by atoms with Gasteiger partial charge < -0.3 is 24.8 Å². The molecule has 2 amide bonds. The fourth-order valence-corrected chi connectivity index (χ4v) is 1.92. The van der Waals surface area contributed by atoms with Crippen LogP contribution in [0, 0.1) is 6.92 Å². The third kappa shape index (κ3) is 6.36. The lowest BCUT2D eigenvalue weighted by Gasteiger charge is -2.19. The van der Waals surface area contributed by atoms with Crippen LogP contribution in [0.15, 0.2) is 12.1 Å². The van der Waals surface area contributed by atoms with Crippen molar-refractivity contribution in [1.82, 2.24) is 5.32 Å². The fraction of sp³-hybridized carbons (Fsp3) is 0.529. The second-order valence-corrected chi connectivity index (χ2v) is 6.25. The third-order valence-electron chi connectivity index (χ3n) is 3.02. The Balaban J connectivity index is 2.55. The number of methoxy groups -OCH3 is 2. The third-order valence-corrected chi connectivity index (χ3v) is 3.02. The van der Waals surface area contributed by atoms with Gasteiger partial charge in [0.1, 0.15) is 5.60 Å². The van der Waals surface area contributed by atoms with Gasteiger partial charge in [-0.3, -0.25) is 4.79 Å². The molecular weight excluding hydrogens is 312 g/mol. The number of carbonyl (C=O) groups is 2. The van der Waals surface area contributed by atoms with E-state index in [2.05, 4.69) is 10.6 Å². The van der Waals surface area contributed by atoms with Crippen molar-refractivity contribution in [2.24, 2.45) is 0 Å². The number of anilines is 1.